The summed E-state index contributed by atoms with van der Waals surface area (Å²) in [5.74, 6) is 2.29. The van der Waals surface area contributed by atoms with E-state index < -0.39 is 0 Å². The van der Waals surface area contributed by atoms with Gasteiger partial charge < -0.3 is 10.6 Å². The highest BCUT2D eigenvalue weighted by Crippen LogP contribution is 2.32. The predicted molar refractivity (Wildman–Crippen MR) is 88.1 cm³/mol. The first-order valence-electron chi connectivity index (χ1n) is 9.09. The van der Waals surface area contributed by atoms with E-state index in [9.17, 15) is 4.79 Å². The van der Waals surface area contributed by atoms with Crippen LogP contribution in [0.1, 0.15) is 65.7 Å². The molecule has 0 aromatic heterocycles. The highest BCUT2D eigenvalue weighted by molar-refractivity contribution is 5.79. The minimum absolute atomic E-state index is 0.204. The first-order valence-corrected chi connectivity index (χ1v) is 9.09. The Balaban J connectivity index is 1.88. The van der Waals surface area contributed by atoms with Crippen molar-refractivity contribution in [3.63, 3.8) is 0 Å². The smallest absolute Gasteiger partial charge is 0.223 e. The van der Waals surface area contributed by atoms with Gasteiger partial charge in [0.15, 0.2) is 0 Å². The van der Waals surface area contributed by atoms with E-state index in [1.165, 1.54) is 32.1 Å². The van der Waals surface area contributed by atoms with E-state index in [2.05, 4.69) is 31.4 Å². The quantitative estimate of drug-likeness (QED) is 0.816. The van der Waals surface area contributed by atoms with Gasteiger partial charge in [-0.05, 0) is 43.7 Å². The minimum atomic E-state index is 0.204. The summed E-state index contributed by atoms with van der Waals surface area (Å²) in [6.07, 6.45) is 8.96. The molecule has 3 heteroatoms. The highest BCUT2D eigenvalue weighted by Gasteiger charge is 2.30. The average molecular weight is 294 g/mol. The number of hydrogen-bond acceptors (Lipinski definition) is 2. The number of carbonyl (C=O) groups is 1. The normalized spacial score (nSPS) is 29.3. The fourth-order valence-electron chi connectivity index (χ4n) is 3.98. The molecule has 0 aromatic rings. The molecule has 0 bridgehead atoms. The van der Waals surface area contributed by atoms with E-state index in [1.807, 2.05) is 0 Å². The lowest BCUT2D eigenvalue weighted by Gasteiger charge is -2.33. The molecule has 1 heterocycles. The van der Waals surface area contributed by atoms with Crippen molar-refractivity contribution in [1.82, 2.24) is 10.6 Å². The summed E-state index contributed by atoms with van der Waals surface area (Å²) in [6, 6.07) is 0.367. The number of amides is 1. The zero-order valence-corrected chi connectivity index (χ0v) is 14.2. The van der Waals surface area contributed by atoms with Gasteiger partial charge in [-0.3, -0.25) is 4.79 Å². The van der Waals surface area contributed by atoms with Crippen LogP contribution in [0.15, 0.2) is 0 Å². The lowest BCUT2D eigenvalue weighted by atomic mass is 9.78. The molecule has 2 fully saturated rings. The number of nitrogens with one attached hydrogen (secondary N) is 2. The van der Waals surface area contributed by atoms with Crippen molar-refractivity contribution in [2.75, 3.05) is 13.1 Å². The molecule has 0 radical (unpaired) electrons. The van der Waals surface area contributed by atoms with Crippen LogP contribution in [0, 0.1) is 23.7 Å². The molecule has 122 valence electrons. The maximum Gasteiger partial charge on any atom is 0.223 e. The van der Waals surface area contributed by atoms with Crippen molar-refractivity contribution >= 4 is 5.91 Å². The second-order valence-electron chi connectivity index (χ2n) is 7.68. The topological polar surface area (TPSA) is 41.1 Å². The Morgan fingerprint density at radius 1 is 1.19 bits per heavy atom. The molecule has 21 heavy (non-hydrogen) atoms. The van der Waals surface area contributed by atoms with E-state index in [-0.39, 0.29) is 5.92 Å². The summed E-state index contributed by atoms with van der Waals surface area (Å²) >= 11 is 0. The standard InChI is InChI=1S/C18H34N2O/c1-13(2)16(11-15-7-5-4-6-8-15)18(21)20-17-9-10-19-12-14(17)3/h13-17,19H,4-12H2,1-3H3,(H,20,21). The van der Waals surface area contributed by atoms with Crippen LogP contribution >= 0.6 is 0 Å². The van der Waals surface area contributed by atoms with E-state index in [1.54, 1.807) is 0 Å². The first kappa shape index (κ1) is 16.8. The molecule has 1 saturated carbocycles. The average Bonchev–Trinajstić information content (AvgIpc) is 2.48. The Morgan fingerprint density at radius 3 is 2.52 bits per heavy atom. The summed E-state index contributed by atoms with van der Waals surface area (Å²) < 4.78 is 0. The van der Waals surface area contributed by atoms with Crippen molar-refractivity contribution in [3.05, 3.63) is 0 Å². The fourth-order valence-corrected chi connectivity index (χ4v) is 3.98. The molecular formula is C18H34N2O. The maximum atomic E-state index is 12.7. The molecule has 3 nitrogen and oxygen atoms in total. The molecule has 2 aliphatic rings. The van der Waals surface area contributed by atoms with Crippen LogP contribution < -0.4 is 10.6 Å². The summed E-state index contributed by atoms with van der Waals surface area (Å²) in [4.78, 5) is 12.7. The summed E-state index contributed by atoms with van der Waals surface area (Å²) in [7, 11) is 0. The molecule has 0 aromatic carbocycles. The predicted octanol–water partition coefficient (Wildman–Crippen LogP) is 3.34. The summed E-state index contributed by atoms with van der Waals surface area (Å²) in [5.41, 5.74) is 0. The van der Waals surface area contributed by atoms with Crippen LogP contribution in [-0.4, -0.2) is 25.0 Å². The van der Waals surface area contributed by atoms with E-state index in [0.29, 0.717) is 23.8 Å². The molecule has 1 aliphatic heterocycles. The second-order valence-corrected chi connectivity index (χ2v) is 7.68. The Hall–Kier alpha value is -0.570. The van der Waals surface area contributed by atoms with Gasteiger partial charge in [-0.2, -0.15) is 0 Å². The lowest BCUT2D eigenvalue weighted by Crippen LogP contribution is -2.50. The second kappa shape index (κ2) is 8.17. The molecule has 1 amide bonds. The third-order valence-electron chi connectivity index (χ3n) is 5.57. The molecule has 3 atom stereocenters. The Labute approximate surface area is 130 Å². The van der Waals surface area contributed by atoms with E-state index >= 15 is 0 Å². The molecule has 3 unspecified atom stereocenters. The van der Waals surface area contributed by atoms with Crippen molar-refractivity contribution < 1.29 is 4.79 Å². The molecule has 2 rings (SSSR count). The van der Waals surface area contributed by atoms with Gasteiger partial charge in [-0.1, -0.05) is 52.9 Å². The van der Waals surface area contributed by atoms with Crippen LogP contribution in [0.2, 0.25) is 0 Å². The van der Waals surface area contributed by atoms with Gasteiger partial charge in [0.05, 0.1) is 0 Å². The SMILES string of the molecule is CC(C)C(CC1CCCCC1)C(=O)NC1CCNCC1C. The van der Waals surface area contributed by atoms with Crippen LogP contribution in [-0.2, 0) is 4.79 Å². The zero-order valence-electron chi connectivity index (χ0n) is 14.2. The maximum absolute atomic E-state index is 12.7. The van der Waals surface area contributed by atoms with Crippen LogP contribution in [0.5, 0.6) is 0 Å². The third-order valence-corrected chi connectivity index (χ3v) is 5.57. The lowest BCUT2D eigenvalue weighted by molar-refractivity contribution is -0.128. The monoisotopic (exact) mass is 294 g/mol. The molecule has 0 spiro atoms. The fraction of sp³-hybridized carbons (Fsp3) is 0.944. The van der Waals surface area contributed by atoms with Gasteiger partial charge in [0.2, 0.25) is 5.91 Å². The Bertz CT molecular complexity index is 323. The largest absolute Gasteiger partial charge is 0.353 e. The molecule has 2 N–H and O–H groups in total. The van der Waals surface area contributed by atoms with Crippen molar-refractivity contribution in [1.29, 1.82) is 0 Å². The summed E-state index contributed by atoms with van der Waals surface area (Å²) in [6.45, 7) is 8.71. The number of rotatable bonds is 5. The van der Waals surface area contributed by atoms with Crippen molar-refractivity contribution in [2.45, 2.75) is 71.8 Å². The van der Waals surface area contributed by atoms with E-state index in [4.69, 9.17) is 0 Å². The Kier molecular flexibility index (Phi) is 6.53. The van der Waals surface area contributed by atoms with Gasteiger partial charge in [0.25, 0.3) is 0 Å². The van der Waals surface area contributed by atoms with Crippen LogP contribution in [0.3, 0.4) is 0 Å². The first-order chi connectivity index (χ1) is 10.1. The summed E-state index contributed by atoms with van der Waals surface area (Å²) in [5, 5.41) is 6.76. The van der Waals surface area contributed by atoms with Gasteiger partial charge >= 0.3 is 0 Å². The highest BCUT2D eigenvalue weighted by atomic mass is 16.2. The number of carbonyl (C=O) groups excluding carboxylic acids is 1. The molecular weight excluding hydrogens is 260 g/mol. The van der Waals surface area contributed by atoms with Gasteiger partial charge in [-0.25, -0.2) is 0 Å². The molecule has 1 aliphatic carbocycles. The van der Waals surface area contributed by atoms with E-state index in [0.717, 1.165) is 31.8 Å². The van der Waals surface area contributed by atoms with Gasteiger partial charge in [0.1, 0.15) is 0 Å². The third kappa shape index (κ3) is 4.98. The van der Waals surface area contributed by atoms with Crippen LogP contribution in [0.4, 0.5) is 0 Å². The van der Waals surface area contributed by atoms with Gasteiger partial charge in [-0.15, -0.1) is 0 Å². The van der Waals surface area contributed by atoms with Gasteiger partial charge in [0, 0.05) is 12.0 Å². The van der Waals surface area contributed by atoms with Crippen LogP contribution in [0.25, 0.3) is 0 Å². The minimum Gasteiger partial charge on any atom is -0.353 e. The van der Waals surface area contributed by atoms with Crippen molar-refractivity contribution in [3.8, 4) is 0 Å². The number of hydrogen-bond donors (Lipinski definition) is 2. The Morgan fingerprint density at radius 2 is 1.90 bits per heavy atom. The van der Waals surface area contributed by atoms with Crippen molar-refractivity contribution in [2.24, 2.45) is 23.7 Å². The molecule has 1 saturated heterocycles. The zero-order chi connectivity index (χ0) is 15.2. The number of piperidine rings is 1.